The van der Waals surface area contributed by atoms with Gasteiger partial charge in [0.15, 0.2) is 0 Å². The molecule has 5 nitrogen and oxygen atoms in total. The molecule has 1 atom stereocenters. The van der Waals surface area contributed by atoms with E-state index in [1.54, 1.807) is 0 Å². The van der Waals surface area contributed by atoms with Crippen molar-refractivity contribution in [1.29, 1.82) is 0 Å². The van der Waals surface area contributed by atoms with Gasteiger partial charge in [-0.15, -0.1) is 6.58 Å². The van der Waals surface area contributed by atoms with Crippen molar-refractivity contribution in [2.45, 2.75) is 12.5 Å². The second-order valence-corrected chi connectivity index (χ2v) is 6.07. The Hall–Kier alpha value is -1.73. The van der Waals surface area contributed by atoms with Crippen molar-refractivity contribution in [2.24, 2.45) is 0 Å². The predicted molar refractivity (Wildman–Crippen MR) is 74.9 cm³/mol. The summed E-state index contributed by atoms with van der Waals surface area (Å²) >= 11 is 0. The highest BCUT2D eigenvalue weighted by molar-refractivity contribution is 7.88. The van der Waals surface area contributed by atoms with E-state index in [0.717, 1.165) is 6.26 Å². The van der Waals surface area contributed by atoms with Gasteiger partial charge in [0, 0.05) is 13.0 Å². The van der Waals surface area contributed by atoms with Crippen molar-refractivity contribution in [3.8, 4) is 0 Å². The van der Waals surface area contributed by atoms with Crippen LogP contribution in [0.2, 0.25) is 0 Å². The van der Waals surface area contributed by atoms with Gasteiger partial charge in [-0.25, -0.2) is 17.5 Å². The summed E-state index contributed by atoms with van der Waals surface area (Å²) in [5.74, 6) is -0.752. The zero-order chi connectivity index (χ0) is 15.2. The minimum absolute atomic E-state index is 0.0768. The number of sulfonamides is 1. The molecular weight excluding hydrogens is 283 g/mol. The molecule has 0 bridgehead atoms. The maximum atomic E-state index is 12.9. The standard InChI is InChI=1S/C13H17FN2O3S/c1-3-8-15-13(17)9-12(16-20(2,18)19)10-4-6-11(14)7-5-10/h3-7,12,16H,1,8-9H2,2H3,(H,15,17)/t12-/m0/s1. The smallest absolute Gasteiger partial charge is 0.222 e. The topological polar surface area (TPSA) is 75.3 Å². The third-order valence-electron chi connectivity index (χ3n) is 2.46. The lowest BCUT2D eigenvalue weighted by Crippen LogP contribution is -2.33. The largest absolute Gasteiger partial charge is 0.353 e. The van der Waals surface area contributed by atoms with Gasteiger partial charge in [-0.2, -0.15) is 0 Å². The van der Waals surface area contributed by atoms with Crippen LogP contribution in [0.5, 0.6) is 0 Å². The fourth-order valence-electron chi connectivity index (χ4n) is 1.62. The van der Waals surface area contributed by atoms with E-state index >= 15 is 0 Å². The molecule has 1 rings (SSSR count). The van der Waals surface area contributed by atoms with Gasteiger partial charge < -0.3 is 5.32 Å². The molecule has 0 saturated carbocycles. The highest BCUT2D eigenvalue weighted by Crippen LogP contribution is 2.18. The Kier molecular flexibility index (Phi) is 5.84. The molecule has 0 unspecified atom stereocenters. The summed E-state index contributed by atoms with van der Waals surface area (Å²) in [4.78, 5) is 11.7. The summed E-state index contributed by atoms with van der Waals surface area (Å²) in [7, 11) is -3.49. The molecule has 1 amide bonds. The number of benzene rings is 1. The molecule has 0 fully saturated rings. The molecule has 1 aromatic carbocycles. The normalized spacial score (nSPS) is 12.7. The zero-order valence-electron chi connectivity index (χ0n) is 11.1. The van der Waals surface area contributed by atoms with E-state index in [1.807, 2.05) is 0 Å². The fraction of sp³-hybridized carbons (Fsp3) is 0.308. The number of nitrogens with one attached hydrogen (secondary N) is 2. The Balaban J connectivity index is 2.87. The molecule has 0 saturated heterocycles. The molecule has 1 aromatic rings. The van der Waals surface area contributed by atoms with E-state index in [9.17, 15) is 17.6 Å². The van der Waals surface area contributed by atoms with Crippen molar-refractivity contribution >= 4 is 15.9 Å². The molecule has 0 aliphatic carbocycles. The fourth-order valence-corrected chi connectivity index (χ4v) is 2.36. The van der Waals surface area contributed by atoms with Crippen molar-refractivity contribution in [2.75, 3.05) is 12.8 Å². The van der Waals surface area contributed by atoms with Crippen LogP contribution in [0.3, 0.4) is 0 Å². The highest BCUT2D eigenvalue weighted by atomic mass is 32.2. The highest BCUT2D eigenvalue weighted by Gasteiger charge is 2.19. The third-order valence-corrected chi connectivity index (χ3v) is 3.17. The number of hydrogen-bond donors (Lipinski definition) is 2. The Morgan fingerprint density at radius 3 is 2.50 bits per heavy atom. The van der Waals surface area contributed by atoms with Crippen LogP contribution in [0.4, 0.5) is 4.39 Å². The van der Waals surface area contributed by atoms with Crippen LogP contribution in [0, 0.1) is 5.82 Å². The summed E-state index contributed by atoms with van der Waals surface area (Å²) in [5, 5.41) is 2.56. The number of rotatable bonds is 7. The zero-order valence-corrected chi connectivity index (χ0v) is 11.9. The maximum Gasteiger partial charge on any atom is 0.222 e. The molecular formula is C13H17FN2O3S. The first-order chi connectivity index (χ1) is 9.31. The van der Waals surface area contributed by atoms with Crippen LogP contribution in [-0.2, 0) is 14.8 Å². The first-order valence-corrected chi connectivity index (χ1v) is 7.81. The van der Waals surface area contributed by atoms with Gasteiger partial charge in [-0.3, -0.25) is 4.79 Å². The van der Waals surface area contributed by atoms with Gasteiger partial charge in [-0.1, -0.05) is 18.2 Å². The molecule has 0 spiro atoms. The Bertz CT molecular complexity index is 570. The lowest BCUT2D eigenvalue weighted by Gasteiger charge is -2.17. The van der Waals surface area contributed by atoms with Crippen LogP contribution < -0.4 is 10.0 Å². The molecule has 0 aliphatic heterocycles. The lowest BCUT2D eigenvalue weighted by molar-refractivity contribution is -0.121. The summed E-state index contributed by atoms with van der Waals surface area (Å²) in [6.45, 7) is 3.77. The Morgan fingerprint density at radius 1 is 1.40 bits per heavy atom. The molecule has 0 aliphatic rings. The van der Waals surface area contributed by atoms with E-state index in [4.69, 9.17) is 0 Å². The van der Waals surface area contributed by atoms with E-state index in [-0.39, 0.29) is 12.3 Å². The maximum absolute atomic E-state index is 12.9. The predicted octanol–water partition coefficient (Wildman–Crippen LogP) is 1.11. The minimum atomic E-state index is -3.49. The number of halogens is 1. The number of hydrogen-bond acceptors (Lipinski definition) is 3. The van der Waals surface area contributed by atoms with Crippen LogP contribution in [-0.4, -0.2) is 27.1 Å². The summed E-state index contributed by atoms with van der Waals surface area (Å²) in [6, 6.07) is 4.58. The monoisotopic (exact) mass is 300 g/mol. The van der Waals surface area contributed by atoms with E-state index in [2.05, 4.69) is 16.6 Å². The summed E-state index contributed by atoms with van der Waals surface area (Å²) in [6.07, 6.45) is 2.45. The average molecular weight is 300 g/mol. The SMILES string of the molecule is C=CCNC(=O)C[C@H](NS(C)(=O)=O)c1ccc(F)cc1. The average Bonchev–Trinajstić information content (AvgIpc) is 2.35. The molecule has 0 radical (unpaired) electrons. The van der Waals surface area contributed by atoms with Crippen molar-refractivity contribution < 1.29 is 17.6 Å². The first-order valence-electron chi connectivity index (χ1n) is 5.92. The number of carbonyl (C=O) groups is 1. The van der Waals surface area contributed by atoms with E-state index in [1.165, 1.54) is 30.3 Å². The molecule has 0 aromatic heterocycles. The second-order valence-electron chi connectivity index (χ2n) is 4.29. The molecule has 7 heteroatoms. The minimum Gasteiger partial charge on any atom is -0.353 e. The Morgan fingerprint density at radius 2 is 2.00 bits per heavy atom. The summed E-state index contributed by atoms with van der Waals surface area (Å²) < 4.78 is 37.9. The number of carbonyl (C=O) groups excluding carboxylic acids is 1. The Labute approximate surface area is 117 Å². The molecule has 110 valence electrons. The van der Waals surface area contributed by atoms with Gasteiger partial charge >= 0.3 is 0 Å². The molecule has 20 heavy (non-hydrogen) atoms. The van der Waals surface area contributed by atoms with Gasteiger partial charge in [0.1, 0.15) is 5.82 Å². The summed E-state index contributed by atoms with van der Waals surface area (Å²) in [5.41, 5.74) is 0.519. The second kappa shape index (κ2) is 7.16. The van der Waals surface area contributed by atoms with Crippen molar-refractivity contribution in [1.82, 2.24) is 10.0 Å². The van der Waals surface area contributed by atoms with Gasteiger partial charge in [0.2, 0.25) is 15.9 Å². The molecule has 0 heterocycles. The first kappa shape index (κ1) is 16.3. The van der Waals surface area contributed by atoms with Crippen molar-refractivity contribution in [3.63, 3.8) is 0 Å². The van der Waals surface area contributed by atoms with Crippen LogP contribution in [0.1, 0.15) is 18.0 Å². The number of amides is 1. The quantitative estimate of drug-likeness (QED) is 0.741. The van der Waals surface area contributed by atoms with Gasteiger partial charge in [0.05, 0.1) is 12.3 Å². The van der Waals surface area contributed by atoms with Gasteiger partial charge in [0.25, 0.3) is 0 Å². The third kappa shape index (κ3) is 5.94. The molecule has 2 N–H and O–H groups in total. The van der Waals surface area contributed by atoms with E-state index < -0.39 is 21.9 Å². The van der Waals surface area contributed by atoms with Crippen molar-refractivity contribution in [3.05, 3.63) is 48.3 Å². The van der Waals surface area contributed by atoms with Crippen LogP contribution >= 0.6 is 0 Å². The van der Waals surface area contributed by atoms with E-state index in [0.29, 0.717) is 12.1 Å². The van der Waals surface area contributed by atoms with Gasteiger partial charge in [-0.05, 0) is 17.7 Å². The van der Waals surface area contributed by atoms with Crippen LogP contribution in [0.15, 0.2) is 36.9 Å². The van der Waals surface area contributed by atoms with Crippen LogP contribution in [0.25, 0.3) is 0 Å². The lowest BCUT2D eigenvalue weighted by atomic mass is 10.0.